The second kappa shape index (κ2) is 8.58. The molecule has 0 saturated heterocycles. The molecule has 0 spiro atoms. The number of nitrogens with zero attached hydrogens (tertiary/aromatic N) is 4. The summed E-state index contributed by atoms with van der Waals surface area (Å²) in [5.41, 5.74) is 3.62. The van der Waals surface area contributed by atoms with E-state index in [2.05, 4.69) is 27.0 Å². The van der Waals surface area contributed by atoms with Crippen molar-refractivity contribution in [1.82, 2.24) is 14.5 Å². The van der Waals surface area contributed by atoms with E-state index in [9.17, 15) is 10.1 Å². The molecule has 1 aliphatic rings. The van der Waals surface area contributed by atoms with Gasteiger partial charge in [0.25, 0.3) is 0 Å². The van der Waals surface area contributed by atoms with Crippen LogP contribution in [0.4, 0.5) is 5.82 Å². The number of hydrogen-bond donors (Lipinski definition) is 1. The van der Waals surface area contributed by atoms with Gasteiger partial charge in [-0.3, -0.25) is 9.69 Å². The highest BCUT2D eigenvalue weighted by molar-refractivity contribution is 7.18. The van der Waals surface area contributed by atoms with Gasteiger partial charge in [0.15, 0.2) is 0 Å². The Hall–Kier alpha value is -2.69. The van der Waals surface area contributed by atoms with E-state index < -0.39 is 0 Å². The molecule has 4 rings (SSSR count). The van der Waals surface area contributed by atoms with Crippen LogP contribution < -0.4 is 5.32 Å². The van der Waals surface area contributed by atoms with Crippen molar-refractivity contribution >= 4 is 33.3 Å². The van der Waals surface area contributed by atoms with E-state index in [-0.39, 0.29) is 12.5 Å². The van der Waals surface area contributed by atoms with Gasteiger partial charge in [0.1, 0.15) is 16.9 Å². The molecule has 7 heteroatoms. The van der Waals surface area contributed by atoms with Crippen molar-refractivity contribution in [2.45, 2.75) is 52.1 Å². The lowest BCUT2D eigenvalue weighted by Crippen LogP contribution is -2.31. The van der Waals surface area contributed by atoms with Gasteiger partial charge in [-0.2, -0.15) is 5.26 Å². The van der Waals surface area contributed by atoms with Crippen LogP contribution in [0.15, 0.2) is 24.3 Å². The molecule has 30 heavy (non-hydrogen) atoms. The third-order valence-corrected chi connectivity index (χ3v) is 6.99. The topological polar surface area (TPSA) is 74.0 Å². The second-order valence-corrected chi connectivity index (χ2v) is 9.27. The maximum atomic E-state index is 12.8. The first kappa shape index (κ1) is 20.6. The van der Waals surface area contributed by atoms with Crippen molar-refractivity contribution in [3.05, 3.63) is 46.1 Å². The second-order valence-electron chi connectivity index (χ2n) is 8.15. The van der Waals surface area contributed by atoms with Gasteiger partial charge < -0.3 is 9.88 Å². The standard InChI is InChI=1S/C23H27N5OS/c1-15-16(2)28(17-8-4-5-9-17)23(18(15)12-24)26-21(29)13-27(3)14-22-25-19-10-6-7-11-20(19)30-22/h6-7,10-11,17H,4-5,8-9,13-14H2,1-3H3,(H,26,29). The fourth-order valence-electron chi connectivity index (χ4n) is 4.40. The number of carbonyl (C=O) groups excluding carboxylic acids is 1. The number of nitriles is 1. The molecule has 2 heterocycles. The van der Waals surface area contributed by atoms with Crippen LogP contribution in [-0.2, 0) is 11.3 Å². The average Bonchev–Trinajstić information content (AvgIpc) is 3.41. The highest BCUT2D eigenvalue weighted by atomic mass is 32.1. The maximum absolute atomic E-state index is 12.8. The van der Waals surface area contributed by atoms with Crippen molar-refractivity contribution in [2.75, 3.05) is 18.9 Å². The third-order valence-electron chi connectivity index (χ3n) is 5.97. The molecule has 156 valence electrons. The Morgan fingerprint density at radius 2 is 2.07 bits per heavy atom. The number of carbonyl (C=O) groups is 1. The van der Waals surface area contributed by atoms with Gasteiger partial charge in [-0.05, 0) is 51.4 Å². The smallest absolute Gasteiger partial charge is 0.239 e. The number of amides is 1. The number of para-hydroxylation sites is 1. The number of nitrogens with one attached hydrogen (secondary N) is 1. The van der Waals surface area contributed by atoms with Crippen LogP contribution in [0.1, 0.15) is 53.6 Å². The minimum atomic E-state index is -0.105. The van der Waals surface area contributed by atoms with E-state index >= 15 is 0 Å². The molecule has 3 aromatic rings. The lowest BCUT2D eigenvalue weighted by Gasteiger charge is -2.20. The van der Waals surface area contributed by atoms with Crippen molar-refractivity contribution in [2.24, 2.45) is 0 Å². The summed E-state index contributed by atoms with van der Waals surface area (Å²) >= 11 is 1.66. The van der Waals surface area contributed by atoms with Gasteiger partial charge in [0, 0.05) is 11.7 Å². The van der Waals surface area contributed by atoms with E-state index in [0.29, 0.717) is 24.0 Å². The highest BCUT2D eigenvalue weighted by Crippen LogP contribution is 2.37. The molecular formula is C23H27N5OS. The number of thiazole rings is 1. The molecule has 0 atom stereocenters. The number of hydrogen-bond acceptors (Lipinski definition) is 5. The molecule has 0 bridgehead atoms. The summed E-state index contributed by atoms with van der Waals surface area (Å²) in [6.07, 6.45) is 4.59. The molecule has 1 N–H and O–H groups in total. The van der Waals surface area contributed by atoms with Gasteiger partial charge >= 0.3 is 0 Å². The lowest BCUT2D eigenvalue weighted by atomic mass is 10.2. The monoisotopic (exact) mass is 421 g/mol. The van der Waals surface area contributed by atoms with Crippen molar-refractivity contribution in [3.8, 4) is 6.07 Å². The summed E-state index contributed by atoms with van der Waals surface area (Å²) in [4.78, 5) is 19.5. The van der Waals surface area contributed by atoms with Crippen LogP contribution in [0.3, 0.4) is 0 Å². The zero-order chi connectivity index (χ0) is 21.3. The van der Waals surface area contributed by atoms with E-state index in [1.165, 1.54) is 12.8 Å². The fraction of sp³-hybridized carbons (Fsp3) is 0.435. The Kier molecular flexibility index (Phi) is 5.89. The molecule has 1 amide bonds. The molecule has 1 fully saturated rings. The zero-order valence-electron chi connectivity index (χ0n) is 17.7. The van der Waals surface area contributed by atoms with Crippen LogP contribution in [0.25, 0.3) is 10.2 Å². The predicted octanol–water partition coefficient (Wildman–Crippen LogP) is 4.77. The zero-order valence-corrected chi connectivity index (χ0v) is 18.6. The van der Waals surface area contributed by atoms with Gasteiger partial charge in [0.2, 0.25) is 5.91 Å². The summed E-state index contributed by atoms with van der Waals surface area (Å²) < 4.78 is 3.34. The van der Waals surface area contributed by atoms with E-state index in [4.69, 9.17) is 0 Å². The third kappa shape index (κ3) is 3.98. The van der Waals surface area contributed by atoms with Gasteiger partial charge in [-0.1, -0.05) is 25.0 Å². The quantitative estimate of drug-likeness (QED) is 0.622. The number of aromatic nitrogens is 2. The molecule has 1 saturated carbocycles. The number of anilines is 1. The van der Waals surface area contributed by atoms with Crippen LogP contribution in [0.5, 0.6) is 0 Å². The Bertz CT molecular complexity index is 1080. The summed E-state index contributed by atoms with van der Waals surface area (Å²) in [5.74, 6) is 0.560. The summed E-state index contributed by atoms with van der Waals surface area (Å²) in [5, 5.41) is 13.8. The first-order valence-corrected chi connectivity index (χ1v) is 11.2. The fourth-order valence-corrected chi connectivity index (χ4v) is 5.44. The molecule has 0 radical (unpaired) electrons. The first-order chi connectivity index (χ1) is 14.5. The Morgan fingerprint density at radius 3 is 2.77 bits per heavy atom. The van der Waals surface area contributed by atoms with Crippen LogP contribution >= 0.6 is 11.3 Å². The largest absolute Gasteiger partial charge is 0.327 e. The number of benzene rings is 1. The predicted molar refractivity (Wildman–Crippen MR) is 121 cm³/mol. The van der Waals surface area contributed by atoms with E-state index in [1.54, 1.807) is 11.3 Å². The molecule has 6 nitrogen and oxygen atoms in total. The van der Waals surface area contributed by atoms with Gasteiger partial charge in [-0.25, -0.2) is 4.98 Å². The number of rotatable bonds is 6. The summed E-state index contributed by atoms with van der Waals surface area (Å²) in [7, 11) is 1.92. The average molecular weight is 422 g/mol. The first-order valence-electron chi connectivity index (χ1n) is 10.4. The van der Waals surface area contributed by atoms with Crippen LogP contribution in [0, 0.1) is 25.2 Å². The normalized spacial score (nSPS) is 14.5. The van der Waals surface area contributed by atoms with Crippen LogP contribution in [-0.4, -0.2) is 34.0 Å². The molecule has 0 aliphatic heterocycles. The highest BCUT2D eigenvalue weighted by Gasteiger charge is 2.26. The minimum absolute atomic E-state index is 0.105. The number of fused-ring (bicyclic) bond motifs is 1. The Balaban J connectivity index is 1.48. The lowest BCUT2D eigenvalue weighted by molar-refractivity contribution is -0.117. The molecule has 1 aliphatic carbocycles. The molecular weight excluding hydrogens is 394 g/mol. The van der Waals surface area contributed by atoms with Crippen molar-refractivity contribution in [3.63, 3.8) is 0 Å². The van der Waals surface area contributed by atoms with Gasteiger partial charge in [0.05, 0.1) is 28.9 Å². The number of likely N-dealkylation sites (N-methyl/N-ethyl adjacent to an activating group) is 1. The van der Waals surface area contributed by atoms with Crippen LogP contribution in [0.2, 0.25) is 0 Å². The van der Waals surface area contributed by atoms with E-state index in [0.717, 1.165) is 39.3 Å². The Labute approximate surface area is 181 Å². The molecule has 2 aromatic heterocycles. The Morgan fingerprint density at radius 1 is 1.33 bits per heavy atom. The molecule has 0 unspecified atom stereocenters. The molecule has 1 aromatic carbocycles. The SMILES string of the molecule is Cc1c(C#N)c(NC(=O)CN(C)Cc2nc3ccccc3s2)n(C2CCCC2)c1C. The van der Waals surface area contributed by atoms with Gasteiger partial charge in [-0.15, -0.1) is 11.3 Å². The summed E-state index contributed by atoms with van der Waals surface area (Å²) in [6.45, 7) is 4.87. The van der Waals surface area contributed by atoms with Crippen molar-refractivity contribution in [1.29, 1.82) is 5.26 Å². The van der Waals surface area contributed by atoms with E-state index in [1.807, 2.05) is 44.0 Å². The van der Waals surface area contributed by atoms with Crippen molar-refractivity contribution < 1.29 is 4.79 Å². The summed E-state index contributed by atoms with van der Waals surface area (Å²) in [6, 6.07) is 10.7. The minimum Gasteiger partial charge on any atom is -0.327 e. The maximum Gasteiger partial charge on any atom is 0.239 e.